The Morgan fingerprint density at radius 2 is 1.90 bits per heavy atom. The van der Waals surface area contributed by atoms with Crippen LogP contribution in [0.1, 0.15) is 21.5 Å². The average molecular weight is 305 g/mol. The second-order valence-electron chi connectivity index (χ2n) is 4.22. The van der Waals surface area contributed by atoms with Crippen molar-refractivity contribution in [2.45, 2.75) is 6.92 Å². The summed E-state index contributed by atoms with van der Waals surface area (Å²) in [5.74, 6) is -0.307. The lowest BCUT2D eigenvalue weighted by Gasteiger charge is -2.08. The molecule has 0 bridgehead atoms. The Morgan fingerprint density at radius 3 is 2.50 bits per heavy atom. The smallest absolute Gasteiger partial charge is 0.255 e. The summed E-state index contributed by atoms with van der Waals surface area (Å²) in [6, 6.07) is 11.7. The number of anilines is 1. The Labute approximate surface area is 126 Å². The van der Waals surface area contributed by atoms with Gasteiger partial charge in [-0.25, -0.2) is 0 Å². The van der Waals surface area contributed by atoms with Gasteiger partial charge in [0.25, 0.3) is 5.91 Å². The number of aryl methyl sites for hydroxylation is 1. The van der Waals surface area contributed by atoms with E-state index in [1.807, 2.05) is 13.0 Å². The maximum absolute atomic E-state index is 12.1. The van der Waals surface area contributed by atoms with Gasteiger partial charge < -0.3 is 5.32 Å². The third-order valence-electron chi connectivity index (χ3n) is 2.78. The number of amides is 1. The first kappa shape index (κ1) is 14.4. The number of hydrogen-bond acceptors (Lipinski definition) is 2. The minimum atomic E-state index is -0.307. The van der Waals surface area contributed by atoms with Gasteiger partial charge in [0.2, 0.25) is 0 Å². The Balaban J connectivity index is 2.23. The molecular weight excluding hydrogens is 295 g/mol. The van der Waals surface area contributed by atoms with E-state index in [9.17, 15) is 4.79 Å². The van der Waals surface area contributed by atoms with Crippen LogP contribution in [0.5, 0.6) is 0 Å². The van der Waals surface area contributed by atoms with E-state index in [4.69, 9.17) is 28.5 Å². The molecule has 2 aromatic carbocycles. The molecule has 0 saturated heterocycles. The normalized spacial score (nSPS) is 9.90. The van der Waals surface area contributed by atoms with Crippen LogP contribution in [0.15, 0.2) is 36.4 Å². The summed E-state index contributed by atoms with van der Waals surface area (Å²) < 4.78 is 0. The summed E-state index contributed by atoms with van der Waals surface area (Å²) in [6.07, 6.45) is 0. The lowest BCUT2D eigenvalue weighted by atomic mass is 10.1. The Bertz CT molecular complexity index is 720. The minimum Gasteiger partial charge on any atom is -0.321 e. The number of rotatable bonds is 2. The fraction of sp³-hybridized carbons (Fsp3) is 0.0667. The third-order valence-corrected chi connectivity index (χ3v) is 3.50. The molecule has 0 aromatic heterocycles. The molecule has 0 atom stereocenters. The molecule has 2 aromatic rings. The van der Waals surface area contributed by atoms with Crippen molar-refractivity contribution >= 4 is 34.8 Å². The standard InChI is InChI=1S/C15H10Cl2N2O/c1-9-2-4-11(7-12(9)16)15(20)19-14-5-3-10(8-18)6-13(14)17/h2-7H,1H3,(H,19,20). The zero-order valence-corrected chi connectivity index (χ0v) is 12.1. The van der Waals surface area contributed by atoms with Crippen molar-refractivity contribution in [3.8, 4) is 6.07 Å². The van der Waals surface area contributed by atoms with Crippen LogP contribution < -0.4 is 5.32 Å². The van der Waals surface area contributed by atoms with Gasteiger partial charge in [-0.2, -0.15) is 5.26 Å². The van der Waals surface area contributed by atoms with Gasteiger partial charge >= 0.3 is 0 Å². The van der Waals surface area contributed by atoms with Crippen molar-refractivity contribution < 1.29 is 4.79 Å². The topological polar surface area (TPSA) is 52.9 Å². The van der Waals surface area contributed by atoms with E-state index in [1.165, 1.54) is 6.07 Å². The van der Waals surface area contributed by atoms with E-state index in [-0.39, 0.29) is 5.91 Å². The van der Waals surface area contributed by atoms with E-state index in [0.29, 0.717) is 26.9 Å². The Kier molecular flexibility index (Phi) is 4.29. The second kappa shape index (κ2) is 5.96. The van der Waals surface area contributed by atoms with Gasteiger partial charge in [0, 0.05) is 10.6 Å². The van der Waals surface area contributed by atoms with Crippen molar-refractivity contribution in [3.05, 3.63) is 63.1 Å². The van der Waals surface area contributed by atoms with Crippen molar-refractivity contribution in [2.24, 2.45) is 0 Å². The van der Waals surface area contributed by atoms with Gasteiger partial charge in [-0.15, -0.1) is 0 Å². The van der Waals surface area contributed by atoms with Crippen molar-refractivity contribution in [2.75, 3.05) is 5.32 Å². The van der Waals surface area contributed by atoms with Gasteiger partial charge in [-0.3, -0.25) is 4.79 Å². The molecule has 20 heavy (non-hydrogen) atoms. The minimum absolute atomic E-state index is 0.307. The first-order valence-electron chi connectivity index (χ1n) is 5.78. The number of halogens is 2. The lowest BCUT2D eigenvalue weighted by molar-refractivity contribution is 0.102. The first-order chi connectivity index (χ1) is 9.51. The number of nitrogens with zero attached hydrogens (tertiary/aromatic N) is 1. The van der Waals surface area contributed by atoms with Crippen LogP contribution in [0.2, 0.25) is 10.0 Å². The molecule has 0 fully saturated rings. The number of carbonyl (C=O) groups excluding carboxylic acids is 1. The number of hydrogen-bond donors (Lipinski definition) is 1. The molecule has 0 radical (unpaired) electrons. The Hall–Kier alpha value is -2.02. The molecule has 2 rings (SSSR count). The van der Waals surface area contributed by atoms with Crippen LogP contribution >= 0.6 is 23.2 Å². The summed E-state index contributed by atoms with van der Waals surface area (Å²) in [4.78, 5) is 12.1. The summed E-state index contributed by atoms with van der Waals surface area (Å²) >= 11 is 12.0. The van der Waals surface area contributed by atoms with Crippen molar-refractivity contribution in [1.82, 2.24) is 0 Å². The van der Waals surface area contributed by atoms with Crippen LogP contribution in [0.25, 0.3) is 0 Å². The molecule has 5 heteroatoms. The van der Waals surface area contributed by atoms with Crippen LogP contribution in [-0.4, -0.2) is 5.91 Å². The highest BCUT2D eigenvalue weighted by Crippen LogP contribution is 2.24. The molecule has 0 saturated carbocycles. The van der Waals surface area contributed by atoms with Crippen LogP contribution in [0, 0.1) is 18.3 Å². The lowest BCUT2D eigenvalue weighted by Crippen LogP contribution is -2.12. The van der Waals surface area contributed by atoms with Gasteiger partial charge in [0.15, 0.2) is 0 Å². The summed E-state index contributed by atoms with van der Waals surface area (Å²) in [5.41, 5.74) is 2.24. The van der Waals surface area contributed by atoms with E-state index in [2.05, 4.69) is 5.32 Å². The number of nitriles is 1. The molecule has 0 spiro atoms. The number of nitrogens with one attached hydrogen (secondary N) is 1. The Morgan fingerprint density at radius 1 is 1.15 bits per heavy atom. The van der Waals surface area contributed by atoms with Crippen molar-refractivity contribution in [3.63, 3.8) is 0 Å². The van der Waals surface area contributed by atoms with Gasteiger partial charge in [-0.05, 0) is 42.8 Å². The number of carbonyl (C=O) groups is 1. The zero-order chi connectivity index (χ0) is 14.7. The highest BCUT2D eigenvalue weighted by atomic mass is 35.5. The maximum atomic E-state index is 12.1. The molecule has 100 valence electrons. The molecule has 1 N–H and O–H groups in total. The van der Waals surface area contributed by atoms with E-state index in [0.717, 1.165) is 5.56 Å². The monoisotopic (exact) mass is 304 g/mol. The predicted molar refractivity (Wildman–Crippen MR) is 80.3 cm³/mol. The van der Waals surface area contributed by atoms with E-state index >= 15 is 0 Å². The maximum Gasteiger partial charge on any atom is 0.255 e. The molecule has 0 unspecified atom stereocenters. The molecule has 0 aliphatic heterocycles. The summed E-state index contributed by atoms with van der Waals surface area (Å²) in [7, 11) is 0. The van der Waals surface area contributed by atoms with Gasteiger partial charge in [0.1, 0.15) is 0 Å². The zero-order valence-electron chi connectivity index (χ0n) is 10.6. The quantitative estimate of drug-likeness (QED) is 0.892. The molecule has 0 aliphatic carbocycles. The molecular formula is C15H10Cl2N2O. The number of benzene rings is 2. The van der Waals surface area contributed by atoms with E-state index in [1.54, 1.807) is 30.3 Å². The molecule has 0 aliphatic rings. The molecule has 3 nitrogen and oxygen atoms in total. The SMILES string of the molecule is Cc1ccc(C(=O)Nc2ccc(C#N)cc2Cl)cc1Cl. The molecule has 0 heterocycles. The fourth-order valence-electron chi connectivity index (χ4n) is 1.61. The predicted octanol–water partition coefficient (Wildman–Crippen LogP) is 4.43. The average Bonchev–Trinajstić information content (AvgIpc) is 2.43. The largest absolute Gasteiger partial charge is 0.321 e. The molecule has 1 amide bonds. The summed E-state index contributed by atoms with van der Waals surface area (Å²) in [6.45, 7) is 1.86. The highest BCUT2D eigenvalue weighted by Gasteiger charge is 2.10. The van der Waals surface area contributed by atoms with Crippen LogP contribution in [-0.2, 0) is 0 Å². The third kappa shape index (κ3) is 3.11. The fourth-order valence-corrected chi connectivity index (χ4v) is 2.02. The van der Waals surface area contributed by atoms with Crippen LogP contribution in [0.3, 0.4) is 0 Å². The van der Waals surface area contributed by atoms with Crippen molar-refractivity contribution in [1.29, 1.82) is 5.26 Å². The van der Waals surface area contributed by atoms with Crippen LogP contribution in [0.4, 0.5) is 5.69 Å². The van der Waals surface area contributed by atoms with E-state index < -0.39 is 0 Å². The highest BCUT2D eigenvalue weighted by molar-refractivity contribution is 6.34. The first-order valence-corrected chi connectivity index (χ1v) is 6.54. The summed E-state index contributed by atoms with van der Waals surface area (Å²) in [5, 5.41) is 12.3. The van der Waals surface area contributed by atoms with Gasteiger partial charge in [-0.1, -0.05) is 29.3 Å². The second-order valence-corrected chi connectivity index (χ2v) is 5.04. The van der Waals surface area contributed by atoms with Gasteiger partial charge in [0.05, 0.1) is 22.3 Å².